The van der Waals surface area contributed by atoms with Crippen molar-refractivity contribution in [1.82, 2.24) is 5.32 Å². The Hall–Kier alpha value is -1.34. The fourth-order valence-corrected chi connectivity index (χ4v) is 3.39. The van der Waals surface area contributed by atoms with E-state index in [2.05, 4.69) is 5.32 Å². The van der Waals surface area contributed by atoms with E-state index in [1.54, 1.807) is 39.8 Å². The first-order valence-electron chi connectivity index (χ1n) is 7.17. The number of carbonyl (C=O) groups is 1. The maximum absolute atomic E-state index is 11.9. The number of rotatable bonds is 4. The lowest BCUT2D eigenvalue weighted by Gasteiger charge is -2.34. The van der Waals surface area contributed by atoms with Crippen molar-refractivity contribution in [1.29, 1.82) is 0 Å². The minimum atomic E-state index is -4.32. The van der Waals surface area contributed by atoms with Crippen molar-refractivity contribution >= 4 is 16.2 Å². The maximum Gasteiger partial charge on any atom is 0.407 e. The Kier molecular flexibility index (Phi) is 5.46. The van der Waals surface area contributed by atoms with Gasteiger partial charge in [-0.25, -0.2) is 4.79 Å². The molecule has 0 saturated carbocycles. The highest BCUT2D eigenvalue weighted by Gasteiger charge is 2.45. The van der Waals surface area contributed by atoms with Crippen molar-refractivity contribution in [3.63, 3.8) is 0 Å². The highest BCUT2D eigenvalue weighted by atomic mass is 32.2. The van der Waals surface area contributed by atoms with Crippen LogP contribution in [-0.2, 0) is 14.9 Å². The van der Waals surface area contributed by atoms with Crippen molar-refractivity contribution in [3.05, 3.63) is 23.8 Å². The van der Waals surface area contributed by atoms with Gasteiger partial charge in [-0.2, -0.15) is 8.42 Å². The predicted octanol–water partition coefficient (Wildman–Crippen LogP) is 2.68. The summed E-state index contributed by atoms with van der Waals surface area (Å²) in [6.07, 6.45) is 4.49. The summed E-state index contributed by atoms with van der Waals surface area (Å²) in [5, 5.41) is 2.55. The number of carbonyl (C=O) groups excluding carboxylic acids is 1. The van der Waals surface area contributed by atoms with Gasteiger partial charge >= 0.3 is 6.09 Å². The molecule has 1 aliphatic carbocycles. The standard InChI is InChI=1S/C15H25NO5S/c1-11-6-8-15(9-7-11,22(18,19)20)12(2)10-16-13(17)21-14(3,4)5/h6-8,12H,9-10H2,1-5H3,(H,16,17)(H,18,19,20)/t12?,15-/m0/s1. The topological polar surface area (TPSA) is 92.7 Å². The van der Waals surface area contributed by atoms with Crippen molar-refractivity contribution in [2.75, 3.05) is 6.54 Å². The van der Waals surface area contributed by atoms with Crippen molar-refractivity contribution < 1.29 is 22.5 Å². The first-order chi connectivity index (χ1) is 9.87. The zero-order valence-corrected chi connectivity index (χ0v) is 14.5. The largest absolute Gasteiger partial charge is 0.444 e. The molecule has 0 radical (unpaired) electrons. The monoisotopic (exact) mass is 331 g/mol. The summed E-state index contributed by atoms with van der Waals surface area (Å²) in [5.41, 5.74) is 0.310. The molecule has 0 aromatic heterocycles. The van der Waals surface area contributed by atoms with Crippen molar-refractivity contribution in [2.24, 2.45) is 5.92 Å². The van der Waals surface area contributed by atoms with E-state index < -0.39 is 32.5 Å². The summed E-state index contributed by atoms with van der Waals surface area (Å²) < 4.78 is 37.1. The van der Waals surface area contributed by atoms with Gasteiger partial charge in [-0.15, -0.1) is 0 Å². The Morgan fingerprint density at radius 3 is 2.50 bits per heavy atom. The van der Waals surface area contributed by atoms with Gasteiger partial charge in [0.05, 0.1) is 0 Å². The molecule has 0 saturated heterocycles. The second-order valence-corrected chi connectivity index (χ2v) is 8.41. The molecule has 0 aromatic carbocycles. The molecule has 126 valence electrons. The molecule has 0 spiro atoms. The molecular weight excluding hydrogens is 306 g/mol. The Labute approximate surface area is 132 Å². The summed E-state index contributed by atoms with van der Waals surface area (Å²) in [4.78, 5) is 11.7. The molecule has 0 aromatic rings. The molecule has 1 rings (SSSR count). The number of alkyl carbamates (subject to hydrolysis) is 1. The molecule has 0 bridgehead atoms. The lowest BCUT2D eigenvalue weighted by molar-refractivity contribution is 0.0517. The lowest BCUT2D eigenvalue weighted by Crippen LogP contribution is -2.48. The molecule has 2 atom stereocenters. The van der Waals surface area contributed by atoms with Crippen LogP contribution in [-0.4, -0.2) is 36.0 Å². The van der Waals surface area contributed by atoms with E-state index in [0.29, 0.717) is 0 Å². The molecule has 2 N–H and O–H groups in total. The minimum Gasteiger partial charge on any atom is -0.444 e. The molecule has 0 aliphatic heterocycles. The minimum absolute atomic E-state index is 0.0753. The van der Waals surface area contributed by atoms with Crippen LogP contribution < -0.4 is 5.32 Å². The maximum atomic E-state index is 11.9. The number of hydrogen-bond acceptors (Lipinski definition) is 4. The smallest absolute Gasteiger partial charge is 0.407 e. The van der Waals surface area contributed by atoms with E-state index in [1.165, 1.54) is 6.08 Å². The van der Waals surface area contributed by atoms with Crippen LogP contribution in [0.3, 0.4) is 0 Å². The molecule has 0 heterocycles. The highest BCUT2D eigenvalue weighted by Crippen LogP contribution is 2.35. The number of hydrogen-bond donors (Lipinski definition) is 2. The van der Waals surface area contributed by atoms with Gasteiger partial charge in [0.2, 0.25) is 0 Å². The van der Waals surface area contributed by atoms with E-state index in [1.807, 2.05) is 6.92 Å². The van der Waals surface area contributed by atoms with Crippen molar-refractivity contribution in [2.45, 2.75) is 51.4 Å². The first-order valence-corrected chi connectivity index (χ1v) is 8.61. The number of ether oxygens (including phenoxy) is 1. The van der Waals surface area contributed by atoms with Crippen LogP contribution in [0.15, 0.2) is 23.8 Å². The third-order valence-corrected chi connectivity index (χ3v) is 5.30. The fourth-order valence-electron chi connectivity index (χ4n) is 2.26. The van der Waals surface area contributed by atoms with Gasteiger partial charge in [0.1, 0.15) is 10.3 Å². The second-order valence-electron chi connectivity index (χ2n) is 6.70. The average molecular weight is 331 g/mol. The lowest BCUT2D eigenvalue weighted by atomic mass is 9.85. The summed E-state index contributed by atoms with van der Waals surface area (Å²) in [6.45, 7) is 8.83. The molecule has 1 aliphatic rings. The van der Waals surface area contributed by atoms with Crippen LogP contribution in [0.5, 0.6) is 0 Å². The first kappa shape index (κ1) is 18.7. The number of nitrogens with one attached hydrogen (secondary N) is 1. The van der Waals surface area contributed by atoms with Gasteiger partial charge in [-0.3, -0.25) is 4.55 Å². The van der Waals surface area contributed by atoms with Crippen LogP contribution in [0.25, 0.3) is 0 Å². The zero-order valence-electron chi connectivity index (χ0n) is 13.7. The normalized spacial score (nSPS) is 23.6. The molecule has 7 heteroatoms. The molecule has 1 unspecified atom stereocenters. The van der Waals surface area contributed by atoms with E-state index >= 15 is 0 Å². The van der Waals surface area contributed by atoms with Crippen LogP contribution in [0, 0.1) is 5.92 Å². The Balaban J connectivity index is 2.82. The van der Waals surface area contributed by atoms with Gasteiger partial charge in [0, 0.05) is 6.54 Å². The summed E-state index contributed by atoms with van der Waals surface area (Å²) in [5.74, 6) is -0.518. The van der Waals surface area contributed by atoms with Gasteiger partial charge in [0.25, 0.3) is 10.1 Å². The SMILES string of the molecule is CC1=CC[C@@](C(C)CNC(=O)OC(C)(C)C)(S(=O)(=O)O)C=C1. The molecule has 6 nitrogen and oxygen atoms in total. The summed E-state index contributed by atoms with van der Waals surface area (Å²) in [6, 6.07) is 0. The van der Waals surface area contributed by atoms with E-state index in [0.717, 1.165) is 5.57 Å². The molecule has 22 heavy (non-hydrogen) atoms. The van der Waals surface area contributed by atoms with E-state index in [9.17, 15) is 17.8 Å². The average Bonchev–Trinajstić information content (AvgIpc) is 2.33. The number of allylic oxidation sites excluding steroid dienone is 3. The van der Waals surface area contributed by atoms with Crippen LogP contribution >= 0.6 is 0 Å². The van der Waals surface area contributed by atoms with E-state index in [4.69, 9.17) is 4.74 Å². The van der Waals surface area contributed by atoms with Gasteiger partial charge in [-0.05, 0) is 40.0 Å². The van der Waals surface area contributed by atoms with Gasteiger partial charge in [-0.1, -0.05) is 30.7 Å². The molecular formula is C15H25NO5S. The van der Waals surface area contributed by atoms with Crippen LogP contribution in [0.4, 0.5) is 4.79 Å². The molecule has 1 amide bonds. The number of amides is 1. The second kappa shape index (κ2) is 6.42. The van der Waals surface area contributed by atoms with Crippen LogP contribution in [0.1, 0.15) is 41.0 Å². The van der Waals surface area contributed by atoms with Gasteiger partial charge in [0.15, 0.2) is 0 Å². The zero-order chi connectivity index (χ0) is 17.2. The Morgan fingerprint density at radius 2 is 2.09 bits per heavy atom. The quantitative estimate of drug-likeness (QED) is 0.773. The van der Waals surface area contributed by atoms with Crippen LogP contribution in [0.2, 0.25) is 0 Å². The third-order valence-electron chi connectivity index (χ3n) is 3.64. The highest BCUT2D eigenvalue weighted by molar-refractivity contribution is 7.87. The summed E-state index contributed by atoms with van der Waals surface area (Å²) >= 11 is 0. The molecule has 0 fully saturated rings. The fraction of sp³-hybridized carbons (Fsp3) is 0.667. The third kappa shape index (κ3) is 4.58. The summed E-state index contributed by atoms with van der Waals surface area (Å²) in [7, 11) is -4.32. The Bertz CT molecular complexity index is 586. The Morgan fingerprint density at radius 1 is 1.50 bits per heavy atom. The van der Waals surface area contributed by atoms with Crippen molar-refractivity contribution in [3.8, 4) is 0 Å². The van der Waals surface area contributed by atoms with E-state index in [-0.39, 0.29) is 13.0 Å². The van der Waals surface area contributed by atoms with Gasteiger partial charge < -0.3 is 10.1 Å². The predicted molar refractivity (Wildman–Crippen MR) is 85.2 cm³/mol.